The van der Waals surface area contributed by atoms with Gasteiger partial charge >= 0.3 is 5.97 Å². The van der Waals surface area contributed by atoms with E-state index in [-0.39, 0.29) is 5.97 Å². The molecule has 0 atom stereocenters. The van der Waals surface area contributed by atoms with Crippen LogP contribution >= 0.6 is 0 Å². The summed E-state index contributed by atoms with van der Waals surface area (Å²) in [5.74, 6) is 0.442. The van der Waals surface area contributed by atoms with Crippen molar-refractivity contribution in [2.24, 2.45) is 0 Å². The number of carbonyl (C=O) groups is 1. The molecule has 1 aliphatic rings. The number of allylic oxidation sites excluding steroid dienone is 2. The highest BCUT2D eigenvalue weighted by atomic mass is 16.5. The summed E-state index contributed by atoms with van der Waals surface area (Å²) in [6, 6.07) is 0. The van der Waals surface area contributed by atoms with Gasteiger partial charge in [0.2, 0.25) is 0 Å². The number of hydrogen-bond donors (Lipinski definition) is 0. The fourth-order valence-corrected chi connectivity index (χ4v) is 1.03. The Labute approximate surface area is 78.0 Å². The van der Waals surface area contributed by atoms with Crippen LogP contribution in [0, 0.1) is 0 Å². The van der Waals surface area contributed by atoms with Gasteiger partial charge in [-0.3, -0.25) is 0 Å². The van der Waals surface area contributed by atoms with Gasteiger partial charge in [0.15, 0.2) is 0 Å². The van der Waals surface area contributed by atoms with Gasteiger partial charge in [-0.1, -0.05) is 0 Å². The molecule has 0 radical (unpaired) electrons. The van der Waals surface area contributed by atoms with Crippen molar-refractivity contribution in [1.82, 2.24) is 0 Å². The third kappa shape index (κ3) is 3.78. The number of carbonyl (C=O) groups excluding carboxylic acids is 1. The molecule has 3 nitrogen and oxygen atoms in total. The topological polar surface area (TPSA) is 35.5 Å². The Bertz CT molecular complexity index is 228. The van der Waals surface area contributed by atoms with Crippen molar-refractivity contribution in [3.63, 3.8) is 0 Å². The van der Waals surface area contributed by atoms with E-state index in [0.717, 1.165) is 25.2 Å². The van der Waals surface area contributed by atoms with Gasteiger partial charge in [0, 0.05) is 6.08 Å². The van der Waals surface area contributed by atoms with Crippen LogP contribution in [-0.2, 0) is 14.3 Å². The van der Waals surface area contributed by atoms with E-state index in [1.807, 2.05) is 6.08 Å². The lowest BCUT2D eigenvalue weighted by Crippen LogP contribution is -2.02. The van der Waals surface area contributed by atoms with Crippen LogP contribution in [-0.4, -0.2) is 19.2 Å². The van der Waals surface area contributed by atoms with Crippen LogP contribution in [0.5, 0.6) is 0 Å². The van der Waals surface area contributed by atoms with E-state index in [1.54, 1.807) is 13.0 Å². The van der Waals surface area contributed by atoms with Gasteiger partial charge in [0.25, 0.3) is 0 Å². The molecule has 1 aliphatic heterocycles. The Kier molecular flexibility index (Phi) is 4.09. The first kappa shape index (κ1) is 9.84. The highest BCUT2D eigenvalue weighted by Gasteiger charge is 2.01. The van der Waals surface area contributed by atoms with Gasteiger partial charge in [-0.25, -0.2) is 4.79 Å². The van der Waals surface area contributed by atoms with Crippen LogP contribution in [0.2, 0.25) is 0 Å². The minimum atomic E-state index is -0.322. The quantitative estimate of drug-likeness (QED) is 0.493. The largest absolute Gasteiger partial charge is 0.494 e. The number of esters is 1. The van der Waals surface area contributed by atoms with Crippen molar-refractivity contribution < 1.29 is 14.3 Å². The Morgan fingerprint density at radius 3 is 3.23 bits per heavy atom. The Morgan fingerprint density at radius 2 is 2.62 bits per heavy atom. The lowest BCUT2D eigenvalue weighted by molar-refractivity contribution is -0.137. The monoisotopic (exact) mass is 182 g/mol. The first-order chi connectivity index (χ1) is 6.33. The van der Waals surface area contributed by atoms with Gasteiger partial charge in [-0.15, -0.1) is 0 Å². The number of hydrogen-bond acceptors (Lipinski definition) is 3. The predicted molar refractivity (Wildman–Crippen MR) is 49.0 cm³/mol. The second-order valence-corrected chi connectivity index (χ2v) is 2.68. The molecule has 3 heteroatoms. The molecule has 0 aliphatic carbocycles. The normalized spacial score (nSPS) is 16.5. The third-order valence-electron chi connectivity index (χ3n) is 1.63. The average Bonchev–Trinajstić information content (AvgIpc) is 2.17. The van der Waals surface area contributed by atoms with Crippen LogP contribution in [0.1, 0.15) is 19.8 Å². The molecule has 0 amide bonds. The second-order valence-electron chi connectivity index (χ2n) is 2.68. The average molecular weight is 182 g/mol. The molecule has 1 rings (SSSR count). The van der Waals surface area contributed by atoms with Crippen LogP contribution in [0.15, 0.2) is 24.0 Å². The lowest BCUT2D eigenvalue weighted by atomic mass is 10.2. The van der Waals surface area contributed by atoms with Crippen molar-refractivity contribution in [3.8, 4) is 0 Å². The maximum Gasteiger partial charge on any atom is 0.330 e. The van der Waals surface area contributed by atoms with Crippen molar-refractivity contribution in [1.29, 1.82) is 0 Å². The van der Waals surface area contributed by atoms with E-state index in [9.17, 15) is 4.79 Å². The van der Waals surface area contributed by atoms with Crippen LogP contribution in [0.4, 0.5) is 0 Å². The maximum atomic E-state index is 10.9. The molecule has 13 heavy (non-hydrogen) atoms. The number of rotatable bonds is 3. The van der Waals surface area contributed by atoms with Gasteiger partial charge in [-0.05, 0) is 31.9 Å². The van der Waals surface area contributed by atoms with Crippen molar-refractivity contribution >= 4 is 5.97 Å². The molecule has 0 aromatic rings. The highest BCUT2D eigenvalue weighted by molar-refractivity contribution is 5.82. The molecule has 0 saturated carbocycles. The first-order valence-corrected chi connectivity index (χ1v) is 4.50. The van der Waals surface area contributed by atoms with E-state index in [1.165, 1.54) is 6.08 Å². The van der Waals surface area contributed by atoms with Gasteiger partial charge in [0.05, 0.1) is 13.2 Å². The fourth-order valence-electron chi connectivity index (χ4n) is 1.03. The Morgan fingerprint density at radius 1 is 1.77 bits per heavy atom. The molecule has 0 bridgehead atoms. The molecule has 0 aromatic heterocycles. The molecule has 1 heterocycles. The lowest BCUT2D eigenvalue weighted by Gasteiger charge is -2.10. The predicted octanol–water partition coefficient (Wildman–Crippen LogP) is 1.80. The van der Waals surface area contributed by atoms with Crippen LogP contribution < -0.4 is 0 Å². The first-order valence-electron chi connectivity index (χ1n) is 4.50. The standard InChI is InChI=1S/C10H14O3/c1-2-12-10(11)7-6-9-5-3-4-8-13-9/h5-7H,2-4,8H2,1H3/b7-6+. The highest BCUT2D eigenvalue weighted by Crippen LogP contribution is 2.10. The molecule has 0 saturated heterocycles. The summed E-state index contributed by atoms with van der Waals surface area (Å²) in [5, 5.41) is 0. The second kappa shape index (κ2) is 5.41. The summed E-state index contributed by atoms with van der Waals surface area (Å²) in [7, 11) is 0. The van der Waals surface area contributed by atoms with Gasteiger partial charge in [0.1, 0.15) is 5.76 Å². The van der Waals surface area contributed by atoms with Crippen LogP contribution in [0.3, 0.4) is 0 Å². The summed E-state index contributed by atoms with van der Waals surface area (Å²) in [6.07, 6.45) is 7.08. The zero-order valence-corrected chi connectivity index (χ0v) is 7.79. The molecular weight excluding hydrogens is 168 g/mol. The summed E-state index contributed by atoms with van der Waals surface area (Å²) in [5.41, 5.74) is 0. The minimum absolute atomic E-state index is 0.322. The van der Waals surface area contributed by atoms with Crippen molar-refractivity contribution in [3.05, 3.63) is 24.0 Å². The maximum absolute atomic E-state index is 10.9. The van der Waals surface area contributed by atoms with E-state index in [0.29, 0.717) is 6.61 Å². The molecule has 0 fully saturated rings. The smallest absolute Gasteiger partial charge is 0.330 e. The third-order valence-corrected chi connectivity index (χ3v) is 1.63. The minimum Gasteiger partial charge on any atom is -0.494 e. The molecular formula is C10H14O3. The van der Waals surface area contributed by atoms with Crippen molar-refractivity contribution in [2.45, 2.75) is 19.8 Å². The molecule has 0 unspecified atom stereocenters. The summed E-state index contributed by atoms with van der Waals surface area (Å²) >= 11 is 0. The van der Waals surface area contributed by atoms with Gasteiger partial charge in [-0.2, -0.15) is 0 Å². The summed E-state index contributed by atoms with van der Waals surface area (Å²) in [4.78, 5) is 10.9. The van der Waals surface area contributed by atoms with E-state index in [2.05, 4.69) is 0 Å². The molecule has 0 N–H and O–H groups in total. The summed E-state index contributed by atoms with van der Waals surface area (Å²) in [6.45, 7) is 2.92. The summed E-state index contributed by atoms with van der Waals surface area (Å²) < 4.78 is 10.00. The fraction of sp³-hybridized carbons (Fsp3) is 0.500. The molecule has 0 aromatic carbocycles. The van der Waals surface area contributed by atoms with Crippen molar-refractivity contribution in [2.75, 3.05) is 13.2 Å². The zero-order chi connectivity index (χ0) is 9.52. The van der Waals surface area contributed by atoms with E-state index < -0.39 is 0 Å². The van der Waals surface area contributed by atoms with E-state index >= 15 is 0 Å². The van der Waals surface area contributed by atoms with Gasteiger partial charge < -0.3 is 9.47 Å². The SMILES string of the molecule is CCOC(=O)/C=C/C1=CCCCO1. The molecule has 72 valence electrons. The molecule has 0 spiro atoms. The number of ether oxygens (including phenoxy) is 2. The van der Waals surface area contributed by atoms with Crippen LogP contribution in [0.25, 0.3) is 0 Å². The van der Waals surface area contributed by atoms with E-state index in [4.69, 9.17) is 9.47 Å². The Hall–Kier alpha value is -1.25. The zero-order valence-electron chi connectivity index (χ0n) is 7.79. The Balaban J connectivity index is 2.37.